The molecule has 1 saturated heterocycles. The average Bonchev–Trinajstić information content (AvgIpc) is 2.68. The summed E-state index contributed by atoms with van der Waals surface area (Å²) in [5, 5.41) is 10.00. The normalized spacial score (nSPS) is 15.8. The summed E-state index contributed by atoms with van der Waals surface area (Å²) in [4.78, 5) is 17.0. The van der Waals surface area contributed by atoms with Gasteiger partial charge in [-0.15, -0.1) is 0 Å². The van der Waals surface area contributed by atoms with Crippen LogP contribution in [0, 0.1) is 18.7 Å². The zero-order chi connectivity index (χ0) is 20.3. The van der Waals surface area contributed by atoms with Crippen molar-refractivity contribution in [3.63, 3.8) is 0 Å². The van der Waals surface area contributed by atoms with Crippen molar-refractivity contribution in [2.75, 3.05) is 18.0 Å². The van der Waals surface area contributed by atoms with E-state index in [2.05, 4.69) is 4.90 Å². The van der Waals surface area contributed by atoms with Gasteiger partial charge in [-0.25, -0.2) is 4.39 Å². The summed E-state index contributed by atoms with van der Waals surface area (Å²) in [6.07, 6.45) is 1.64. The van der Waals surface area contributed by atoms with Gasteiger partial charge in [0.25, 0.3) is 0 Å². The highest BCUT2D eigenvalue weighted by Crippen LogP contribution is 2.28. The van der Waals surface area contributed by atoms with Gasteiger partial charge in [0.15, 0.2) is 0 Å². The predicted molar refractivity (Wildman–Crippen MR) is 110 cm³/mol. The standard InChI is InChI=1S/C23H29FN2O2/c1-16(2)23(28)26(20-9-8-17(3)21(24)14-20)19-10-12-25(13-11-19)15-18-6-4-5-7-22(18)27/h4-9,14,16,19,27H,10-13,15H2,1-3H3. The van der Waals surface area contributed by atoms with Gasteiger partial charge < -0.3 is 10.0 Å². The lowest BCUT2D eigenvalue weighted by Crippen LogP contribution is -2.48. The largest absolute Gasteiger partial charge is 0.508 e. The van der Waals surface area contributed by atoms with Gasteiger partial charge in [-0.1, -0.05) is 38.1 Å². The molecule has 3 rings (SSSR count). The maximum atomic E-state index is 14.1. The second kappa shape index (κ2) is 8.74. The maximum Gasteiger partial charge on any atom is 0.229 e. The Morgan fingerprint density at radius 2 is 1.89 bits per heavy atom. The molecule has 0 radical (unpaired) electrons. The number of phenolic OH excluding ortho intramolecular Hbond substituents is 1. The van der Waals surface area contributed by atoms with Crippen LogP contribution in [-0.4, -0.2) is 35.0 Å². The summed E-state index contributed by atoms with van der Waals surface area (Å²) in [5.74, 6) is -0.0847. The van der Waals surface area contributed by atoms with E-state index >= 15 is 0 Å². The highest BCUT2D eigenvalue weighted by molar-refractivity contribution is 5.95. The number of piperidine rings is 1. The van der Waals surface area contributed by atoms with E-state index in [0.717, 1.165) is 31.5 Å². The number of hydrogen-bond acceptors (Lipinski definition) is 3. The smallest absolute Gasteiger partial charge is 0.229 e. The molecule has 1 fully saturated rings. The number of carbonyl (C=O) groups is 1. The van der Waals surface area contributed by atoms with Crippen molar-refractivity contribution < 1.29 is 14.3 Å². The number of aromatic hydroxyl groups is 1. The van der Waals surface area contributed by atoms with Gasteiger partial charge in [-0.05, 0) is 43.5 Å². The third-order valence-corrected chi connectivity index (χ3v) is 5.47. The van der Waals surface area contributed by atoms with Crippen molar-refractivity contribution in [2.24, 2.45) is 5.92 Å². The van der Waals surface area contributed by atoms with E-state index in [1.165, 1.54) is 6.07 Å². The third kappa shape index (κ3) is 4.53. The average molecular weight is 384 g/mol. The Hall–Kier alpha value is -2.40. The molecule has 28 heavy (non-hydrogen) atoms. The lowest BCUT2D eigenvalue weighted by molar-refractivity contribution is -0.122. The fourth-order valence-corrected chi connectivity index (χ4v) is 3.75. The fraction of sp³-hybridized carbons (Fsp3) is 0.435. The van der Waals surface area contributed by atoms with E-state index in [4.69, 9.17) is 0 Å². The van der Waals surface area contributed by atoms with E-state index in [-0.39, 0.29) is 23.7 Å². The first-order chi connectivity index (χ1) is 13.4. The third-order valence-electron chi connectivity index (χ3n) is 5.47. The molecule has 2 aromatic carbocycles. The van der Waals surface area contributed by atoms with Crippen molar-refractivity contribution in [1.29, 1.82) is 0 Å². The van der Waals surface area contributed by atoms with E-state index < -0.39 is 0 Å². The van der Waals surface area contributed by atoms with E-state index in [1.807, 2.05) is 38.1 Å². The first kappa shape index (κ1) is 20.3. The number of halogens is 1. The molecule has 1 amide bonds. The summed E-state index contributed by atoms with van der Waals surface area (Å²) < 4.78 is 14.1. The van der Waals surface area contributed by atoms with Crippen molar-refractivity contribution >= 4 is 11.6 Å². The number of phenols is 1. The van der Waals surface area contributed by atoms with Crippen LogP contribution in [0.3, 0.4) is 0 Å². The molecule has 2 aromatic rings. The first-order valence-corrected chi connectivity index (χ1v) is 9.95. The van der Waals surface area contributed by atoms with E-state index in [0.29, 0.717) is 23.5 Å². The topological polar surface area (TPSA) is 43.8 Å². The minimum atomic E-state index is -0.281. The molecule has 0 bridgehead atoms. The minimum Gasteiger partial charge on any atom is -0.508 e. The number of likely N-dealkylation sites (tertiary alicyclic amines) is 1. The minimum absolute atomic E-state index is 0.0300. The molecular formula is C23H29FN2O2. The molecule has 1 aliphatic heterocycles. The van der Waals surface area contributed by atoms with E-state index in [1.54, 1.807) is 24.0 Å². The summed E-state index contributed by atoms with van der Waals surface area (Å²) in [6.45, 7) is 7.84. The second-order valence-corrected chi connectivity index (χ2v) is 7.93. The molecule has 0 aliphatic carbocycles. The second-order valence-electron chi connectivity index (χ2n) is 7.93. The zero-order valence-corrected chi connectivity index (χ0v) is 16.9. The van der Waals surface area contributed by atoms with Crippen LogP contribution in [0.1, 0.15) is 37.8 Å². The number of aryl methyl sites for hydroxylation is 1. The van der Waals surface area contributed by atoms with Gasteiger partial charge in [0.2, 0.25) is 5.91 Å². The Kier molecular flexibility index (Phi) is 6.35. The van der Waals surface area contributed by atoms with Gasteiger partial charge in [0.05, 0.1) is 0 Å². The summed E-state index contributed by atoms with van der Waals surface area (Å²) in [7, 11) is 0. The van der Waals surface area contributed by atoms with Crippen LogP contribution >= 0.6 is 0 Å². The molecule has 1 heterocycles. The number of benzene rings is 2. The number of para-hydroxylation sites is 1. The summed E-state index contributed by atoms with van der Waals surface area (Å²) in [6, 6.07) is 12.5. The Morgan fingerprint density at radius 3 is 2.50 bits per heavy atom. The van der Waals surface area contributed by atoms with Crippen LogP contribution in [0.5, 0.6) is 5.75 Å². The van der Waals surface area contributed by atoms with Crippen molar-refractivity contribution in [3.8, 4) is 5.75 Å². The van der Waals surface area contributed by atoms with Crippen LogP contribution in [-0.2, 0) is 11.3 Å². The summed E-state index contributed by atoms with van der Waals surface area (Å²) in [5.41, 5.74) is 2.14. The molecule has 150 valence electrons. The van der Waals surface area contributed by atoms with Crippen LogP contribution < -0.4 is 4.90 Å². The molecule has 1 N–H and O–H groups in total. The van der Waals surface area contributed by atoms with Crippen molar-refractivity contribution in [1.82, 2.24) is 4.90 Å². The molecule has 0 atom stereocenters. The zero-order valence-electron chi connectivity index (χ0n) is 16.9. The number of carbonyl (C=O) groups excluding carboxylic acids is 1. The molecule has 0 spiro atoms. The molecule has 0 saturated carbocycles. The molecule has 5 heteroatoms. The Labute approximate surface area is 166 Å². The van der Waals surface area contributed by atoms with Gasteiger partial charge >= 0.3 is 0 Å². The maximum absolute atomic E-state index is 14.1. The van der Waals surface area contributed by atoms with Gasteiger partial charge in [-0.3, -0.25) is 9.69 Å². The molecule has 4 nitrogen and oxygen atoms in total. The SMILES string of the molecule is Cc1ccc(N(C(=O)C(C)C)C2CCN(Cc3ccccc3O)CC2)cc1F. The Balaban J connectivity index is 1.73. The molecule has 0 unspecified atom stereocenters. The number of hydrogen-bond donors (Lipinski definition) is 1. The van der Waals surface area contributed by atoms with E-state index in [9.17, 15) is 14.3 Å². The van der Waals surface area contributed by atoms with Crippen LogP contribution in [0.2, 0.25) is 0 Å². The fourth-order valence-electron chi connectivity index (χ4n) is 3.75. The molecular weight excluding hydrogens is 355 g/mol. The quantitative estimate of drug-likeness (QED) is 0.826. The van der Waals surface area contributed by atoms with Crippen LogP contribution in [0.15, 0.2) is 42.5 Å². The van der Waals surface area contributed by atoms with Gasteiger partial charge in [0.1, 0.15) is 11.6 Å². The highest BCUT2D eigenvalue weighted by atomic mass is 19.1. The number of amides is 1. The first-order valence-electron chi connectivity index (χ1n) is 9.95. The molecule has 0 aromatic heterocycles. The molecule has 1 aliphatic rings. The Morgan fingerprint density at radius 1 is 1.21 bits per heavy atom. The summed E-state index contributed by atoms with van der Waals surface area (Å²) >= 11 is 0. The number of anilines is 1. The Bertz CT molecular complexity index is 829. The number of rotatable bonds is 5. The number of nitrogens with zero attached hydrogens (tertiary/aromatic N) is 2. The van der Waals surface area contributed by atoms with Crippen LogP contribution in [0.25, 0.3) is 0 Å². The van der Waals surface area contributed by atoms with Gasteiger partial charge in [0, 0.05) is 42.8 Å². The highest BCUT2D eigenvalue weighted by Gasteiger charge is 2.30. The van der Waals surface area contributed by atoms with Crippen LogP contribution in [0.4, 0.5) is 10.1 Å². The van der Waals surface area contributed by atoms with Crippen molar-refractivity contribution in [2.45, 2.75) is 46.2 Å². The van der Waals surface area contributed by atoms with Crippen molar-refractivity contribution in [3.05, 3.63) is 59.4 Å². The lowest BCUT2D eigenvalue weighted by Gasteiger charge is -2.39. The predicted octanol–water partition coefficient (Wildman–Crippen LogP) is 4.49. The monoisotopic (exact) mass is 384 g/mol. The lowest BCUT2D eigenvalue weighted by atomic mass is 9.99. The van der Waals surface area contributed by atoms with Gasteiger partial charge in [-0.2, -0.15) is 0 Å².